The van der Waals surface area contributed by atoms with Gasteiger partial charge < -0.3 is 15.8 Å². The van der Waals surface area contributed by atoms with Crippen LogP contribution in [0.4, 0.5) is 5.82 Å². The van der Waals surface area contributed by atoms with Crippen molar-refractivity contribution >= 4 is 11.7 Å². The normalized spacial score (nSPS) is 13.4. The predicted octanol–water partition coefficient (Wildman–Crippen LogP) is 1.56. The lowest BCUT2D eigenvalue weighted by Gasteiger charge is -2.25. The maximum absolute atomic E-state index is 8.71. The number of anilines is 1. The van der Waals surface area contributed by atoms with Gasteiger partial charge >= 0.3 is 0 Å². The number of aryl methyl sites for hydroxylation is 2. The predicted molar refractivity (Wildman–Crippen MR) is 76.6 cm³/mol. The molecule has 0 amide bonds. The van der Waals surface area contributed by atoms with E-state index in [1.54, 1.807) is 0 Å². The lowest BCUT2D eigenvalue weighted by atomic mass is 10.1. The van der Waals surface area contributed by atoms with E-state index in [4.69, 9.17) is 10.9 Å². The summed E-state index contributed by atoms with van der Waals surface area (Å²) in [6.07, 6.45) is 0.879. The van der Waals surface area contributed by atoms with Crippen molar-refractivity contribution in [3.63, 3.8) is 0 Å². The van der Waals surface area contributed by atoms with E-state index in [1.807, 2.05) is 19.9 Å². The van der Waals surface area contributed by atoms with Crippen LogP contribution < -0.4 is 10.6 Å². The molecule has 1 rings (SSSR count). The summed E-state index contributed by atoms with van der Waals surface area (Å²) >= 11 is 0. The van der Waals surface area contributed by atoms with E-state index in [-0.39, 0.29) is 11.8 Å². The highest BCUT2D eigenvalue weighted by molar-refractivity contribution is 5.82. The summed E-state index contributed by atoms with van der Waals surface area (Å²) in [4.78, 5) is 10.9. The lowest BCUT2D eigenvalue weighted by Crippen LogP contribution is -2.35. The molecule has 19 heavy (non-hydrogen) atoms. The van der Waals surface area contributed by atoms with Crippen molar-refractivity contribution in [1.29, 1.82) is 0 Å². The Balaban J connectivity index is 2.94. The Morgan fingerprint density at radius 1 is 1.47 bits per heavy atom. The maximum atomic E-state index is 8.71. The number of oxime groups is 1. The minimum Gasteiger partial charge on any atom is -0.409 e. The number of hydrogen-bond donors (Lipinski definition) is 2. The topological polar surface area (TPSA) is 87.6 Å². The summed E-state index contributed by atoms with van der Waals surface area (Å²) in [6, 6.07) is 2.00. The van der Waals surface area contributed by atoms with Gasteiger partial charge in [-0.25, -0.2) is 9.97 Å². The van der Waals surface area contributed by atoms with E-state index in [0.717, 1.165) is 30.3 Å². The van der Waals surface area contributed by atoms with Gasteiger partial charge in [0.1, 0.15) is 17.5 Å². The van der Waals surface area contributed by atoms with Crippen LogP contribution in [0.3, 0.4) is 0 Å². The fourth-order valence-corrected chi connectivity index (χ4v) is 1.86. The summed E-state index contributed by atoms with van der Waals surface area (Å²) in [5, 5.41) is 11.8. The zero-order valence-corrected chi connectivity index (χ0v) is 12.1. The monoisotopic (exact) mass is 265 g/mol. The molecular formula is C13H23N5O. The van der Waals surface area contributed by atoms with E-state index in [1.165, 1.54) is 0 Å². The van der Waals surface area contributed by atoms with Gasteiger partial charge in [0.25, 0.3) is 0 Å². The van der Waals surface area contributed by atoms with Crippen LogP contribution in [-0.2, 0) is 6.42 Å². The Bertz CT molecular complexity index is 447. The van der Waals surface area contributed by atoms with Crippen LogP contribution in [0.5, 0.6) is 0 Å². The van der Waals surface area contributed by atoms with Crippen molar-refractivity contribution in [3.05, 3.63) is 17.6 Å². The van der Waals surface area contributed by atoms with Crippen molar-refractivity contribution in [2.24, 2.45) is 16.8 Å². The summed E-state index contributed by atoms with van der Waals surface area (Å²) in [6.45, 7) is 9.41. The zero-order chi connectivity index (χ0) is 14.4. The first kappa shape index (κ1) is 15.2. The molecule has 0 saturated heterocycles. The van der Waals surface area contributed by atoms with Crippen LogP contribution >= 0.6 is 0 Å². The van der Waals surface area contributed by atoms with Gasteiger partial charge in [-0.2, -0.15) is 0 Å². The second-order valence-corrected chi connectivity index (χ2v) is 4.58. The van der Waals surface area contributed by atoms with Gasteiger partial charge in [0.2, 0.25) is 0 Å². The van der Waals surface area contributed by atoms with Gasteiger partial charge in [0.05, 0.1) is 0 Å². The third-order valence-electron chi connectivity index (χ3n) is 3.06. The molecule has 0 aromatic carbocycles. The van der Waals surface area contributed by atoms with Crippen LogP contribution in [0.15, 0.2) is 11.2 Å². The van der Waals surface area contributed by atoms with Crippen molar-refractivity contribution < 1.29 is 5.21 Å². The molecule has 1 unspecified atom stereocenters. The molecule has 6 heteroatoms. The van der Waals surface area contributed by atoms with Crippen molar-refractivity contribution in [2.45, 2.75) is 34.1 Å². The van der Waals surface area contributed by atoms with Crippen LogP contribution in [-0.4, -0.2) is 34.1 Å². The minimum atomic E-state index is -0.0368. The minimum absolute atomic E-state index is 0.0368. The Labute approximate surface area is 114 Å². The molecule has 1 aromatic rings. The Hall–Kier alpha value is -1.85. The van der Waals surface area contributed by atoms with Gasteiger partial charge in [0.15, 0.2) is 0 Å². The quantitative estimate of drug-likeness (QED) is 0.353. The smallest absolute Gasteiger partial charge is 0.143 e. The molecule has 0 bridgehead atoms. The van der Waals surface area contributed by atoms with Crippen LogP contribution in [0.1, 0.15) is 32.3 Å². The molecule has 0 fully saturated rings. The molecule has 6 nitrogen and oxygen atoms in total. The molecule has 3 N–H and O–H groups in total. The largest absolute Gasteiger partial charge is 0.409 e. The molecular weight excluding hydrogens is 242 g/mol. The van der Waals surface area contributed by atoms with Crippen molar-refractivity contribution in [3.8, 4) is 0 Å². The molecule has 0 aliphatic rings. The molecule has 1 aromatic heterocycles. The average Bonchev–Trinajstić information content (AvgIpc) is 2.42. The Kier molecular flexibility index (Phi) is 5.54. The molecule has 0 radical (unpaired) electrons. The van der Waals surface area contributed by atoms with Gasteiger partial charge in [-0.1, -0.05) is 19.0 Å². The first-order valence-corrected chi connectivity index (χ1v) is 6.58. The fraction of sp³-hybridized carbons (Fsp3) is 0.615. The molecule has 0 spiro atoms. The van der Waals surface area contributed by atoms with E-state index < -0.39 is 0 Å². The number of amidine groups is 1. The number of aromatic nitrogens is 2. The average molecular weight is 265 g/mol. The maximum Gasteiger partial charge on any atom is 0.143 e. The number of nitrogens with two attached hydrogens (primary N) is 1. The summed E-state index contributed by atoms with van der Waals surface area (Å²) < 4.78 is 0. The first-order chi connectivity index (χ1) is 9.01. The van der Waals surface area contributed by atoms with Gasteiger partial charge in [-0.3, -0.25) is 0 Å². The highest BCUT2D eigenvalue weighted by atomic mass is 16.4. The lowest BCUT2D eigenvalue weighted by molar-refractivity contribution is 0.314. The van der Waals surface area contributed by atoms with E-state index in [9.17, 15) is 0 Å². The van der Waals surface area contributed by atoms with Crippen molar-refractivity contribution in [2.75, 3.05) is 18.0 Å². The fourth-order valence-electron chi connectivity index (χ4n) is 1.86. The van der Waals surface area contributed by atoms with Crippen molar-refractivity contribution in [1.82, 2.24) is 9.97 Å². The van der Waals surface area contributed by atoms with E-state index in [2.05, 4.69) is 33.9 Å². The van der Waals surface area contributed by atoms with Gasteiger partial charge in [0, 0.05) is 30.8 Å². The summed E-state index contributed by atoms with van der Waals surface area (Å²) in [5.41, 5.74) is 6.65. The highest BCUT2D eigenvalue weighted by Crippen LogP contribution is 2.15. The van der Waals surface area contributed by atoms with Crippen LogP contribution in [0.25, 0.3) is 0 Å². The Morgan fingerprint density at radius 2 is 2.16 bits per heavy atom. The molecule has 0 saturated carbocycles. The third-order valence-corrected chi connectivity index (χ3v) is 3.06. The summed E-state index contributed by atoms with van der Waals surface area (Å²) in [7, 11) is 0. The standard InChI is InChI=1S/C13H23N5O/c1-5-11-7-12(16-10(4)15-11)18(6-2)8-9(3)13(14)17-19/h7,9,19H,5-6,8H2,1-4H3,(H2,14,17). The second kappa shape index (κ2) is 6.92. The Morgan fingerprint density at radius 3 is 2.68 bits per heavy atom. The van der Waals surface area contributed by atoms with Crippen LogP contribution in [0.2, 0.25) is 0 Å². The number of hydrogen-bond acceptors (Lipinski definition) is 5. The van der Waals surface area contributed by atoms with E-state index >= 15 is 0 Å². The molecule has 0 aliphatic carbocycles. The molecule has 0 aliphatic heterocycles. The first-order valence-electron chi connectivity index (χ1n) is 6.58. The number of nitrogens with zero attached hydrogens (tertiary/aromatic N) is 4. The second-order valence-electron chi connectivity index (χ2n) is 4.58. The highest BCUT2D eigenvalue weighted by Gasteiger charge is 2.15. The van der Waals surface area contributed by atoms with Crippen LogP contribution in [0, 0.1) is 12.8 Å². The number of rotatable bonds is 6. The molecule has 1 atom stereocenters. The molecule has 1 heterocycles. The van der Waals surface area contributed by atoms with Gasteiger partial charge in [-0.15, -0.1) is 0 Å². The summed E-state index contributed by atoms with van der Waals surface area (Å²) in [5.74, 6) is 1.86. The van der Waals surface area contributed by atoms with Gasteiger partial charge in [-0.05, 0) is 20.3 Å². The van der Waals surface area contributed by atoms with E-state index in [0.29, 0.717) is 6.54 Å². The third kappa shape index (κ3) is 4.08. The zero-order valence-electron chi connectivity index (χ0n) is 12.1. The SMILES string of the molecule is CCc1cc(N(CC)CC(C)C(N)=NO)nc(C)n1. The molecule has 106 valence electrons.